The third-order valence-electron chi connectivity index (χ3n) is 5.08. The molecule has 3 heteroatoms. The third kappa shape index (κ3) is 7.53. The molecule has 0 aromatic heterocycles. The Kier molecular flexibility index (Phi) is 7.37. The molecule has 1 saturated carbocycles. The summed E-state index contributed by atoms with van der Waals surface area (Å²) in [5.74, 6) is 0.814. The zero-order valence-electron chi connectivity index (χ0n) is 16.1. The van der Waals surface area contributed by atoms with E-state index in [2.05, 4.69) is 39.5 Å². The van der Waals surface area contributed by atoms with Gasteiger partial charge >= 0.3 is 0 Å². The maximum atomic E-state index is 6.40. The van der Waals surface area contributed by atoms with Gasteiger partial charge in [-0.25, -0.2) is 0 Å². The quantitative estimate of drug-likeness (QED) is 0.710. The number of nitrogens with zero attached hydrogens (tertiary/aromatic N) is 1. The lowest BCUT2D eigenvalue weighted by Gasteiger charge is -2.37. The van der Waals surface area contributed by atoms with Gasteiger partial charge in [-0.05, 0) is 78.2 Å². The molecule has 1 aliphatic heterocycles. The van der Waals surface area contributed by atoms with Crippen molar-refractivity contribution < 1.29 is 9.47 Å². The number of likely N-dealkylation sites (tertiary alicyclic amines) is 1. The lowest BCUT2D eigenvalue weighted by Crippen LogP contribution is -2.40. The van der Waals surface area contributed by atoms with Crippen LogP contribution >= 0.6 is 0 Å². The van der Waals surface area contributed by atoms with Gasteiger partial charge < -0.3 is 14.4 Å². The molecule has 0 spiro atoms. The lowest BCUT2D eigenvalue weighted by molar-refractivity contribution is -0.109. The van der Waals surface area contributed by atoms with Crippen molar-refractivity contribution in [3.05, 3.63) is 0 Å². The second-order valence-electron chi connectivity index (χ2n) is 8.99. The number of hydrogen-bond donors (Lipinski definition) is 0. The van der Waals surface area contributed by atoms with Gasteiger partial charge in [0.15, 0.2) is 0 Å². The van der Waals surface area contributed by atoms with Crippen molar-refractivity contribution in [3.8, 4) is 0 Å². The molecule has 2 fully saturated rings. The highest BCUT2D eigenvalue weighted by Crippen LogP contribution is 2.29. The number of ether oxygens (including phenoxy) is 2. The Morgan fingerprint density at radius 3 is 1.91 bits per heavy atom. The lowest BCUT2D eigenvalue weighted by atomic mass is 9.93. The zero-order chi connectivity index (χ0) is 16.9. The van der Waals surface area contributed by atoms with Gasteiger partial charge in [0, 0.05) is 13.1 Å². The number of hydrogen-bond acceptors (Lipinski definition) is 3. The van der Waals surface area contributed by atoms with Gasteiger partial charge in [0.1, 0.15) is 0 Å². The minimum absolute atomic E-state index is 0.0127. The monoisotopic (exact) mass is 325 g/mol. The predicted octanol–water partition coefficient (Wildman–Crippen LogP) is 4.64. The van der Waals surface area contributed by atoms with Crippen molar-refractivity contribution >= 4 is 0 Å². The molecule has 0 aromatic rings. The molecular weight excluding hydrogens is 286 g/mol. The van der Waals surface area contributed by atoms with Crippen molar-refractivity contribution in [2.45, 2.75) is 103 Å². The molecule has 1 heterocycles. The summed E-state index contributed by atoms with van der Waals surface area (Å²) in [5, 5.41) is 0. The molecule has 23 heavy (non-hydrogen) atoms. The molecule has 0 bridgehead atoms. The standard InChI is InChI=1S/C20H39NO2/c1-16(2)10-13-21-14-11-18(12-15-21)22-17-6-8-19(9-7-17)23-20(3,4)5/h16-19H,6-15H2,1-5H3. The van der Waals surface area contributed by atoms with Crippen molar-refractivity contribution in [2.24, 2.45) is 5.92 Å². The molecule has 0 unspecified atom stereocenters. The topological polar surface area (TPSA) is 21.7 Å². The van der Waals surface area contributed by atoms with E-state index in [0.717, 1.165) is 18.8 Å². The largest absolute Gasteiger partial charge is 0.375 e. The van der Waals surface area contributed by atoms with Crippen LogP contribution in [0.1, 0.15) is 79.6 Å². The van der Waals surface area contributed by atoms with Crippen LogP contribution in [0.2, 0.25) is 0 Å². The van der Waals surface area contributed by atoms with Crippen LogP contribution in [0, 0.1) is 5.92 Å². The van der Waals surface area contributed by atoms with Gasteiger partial charge in [0.25, 0.3) is 0 Å². The molecule has 0 atom stereocenters. The molecular formula is C20H39NO2. The summed E-state index contributed by atoms with van der Waals surface area (Å²) in [5.41, 5.74) is -0.0127. The fourth-order valence-electron chi connectivity index (χ4n) is 3.77. The van der Waals surface area contributed by atoms with Crippen LogP contribution in [0.3, 0.4) is 0 Å². The van der Waals surface area contributed by atoms with Crippen molar-refractivity contribution in [2.75, 3.05) is 19.6 Å². The molecule has 1 aliphatic carbocycles. The molecule has 0 aromatic carbocycles. The normalized spacial score (nSPS) is 28.4. The van der Waals surface area contributed by atoms with Crippen LogP contribution < -0.4 is 0 Å². The third-order valence-corrected chi connectivity index (χ3v) is 5.08. The van der Waals surface area contributed by atoms with Crippen LogP contribution in [0.15, 0.2) is 0 Å². The van der Waals surface area contributed by atoms with E-state index < -0.39 is 0 Å². The summed E-state index contributed by atoms with van der Waals surface area (Å²) in [4.78, 5) is 2.62. The number of rotatable bonds is 6. The van der Waals surface area contributed by atoms with E-state index >= 15 is 0 Å². The molecule has 0 radical (unpaired) electrons. The zero-order valence-corrected chi connectivity index (χ0v) is 16.1. The summed E-state index contributed by atoms with van der Waals surface area (Å²) in [6, 6.07) is 0. The molecule has 0 N–H and O–H groups in total. The van der Waals surface area contributed by atoms with Gasteiger partial charge in [-0.15, -0.1) is 0 Å². The predicted molar refractivity (Wildman–Crippen MR) is 96.9 cm³/mol. The minimum Gasteiger partial charge on any atom is -0.375 e. The van der Waals surface area contributed by atoms with Gasteiger partial charge in [-0.1, -0.05) is 13.8 Å². The Morgan fingerprint density at radius 2 is 1.39 bits per heavy atom. The highest BCUT2D eigenvalue weighted by molar-refractivity contribution is 4.79. The molecule has 3 nitrogen and oxygen atoms in total. The maximum Gasteiger partial charge on any atom is 0.0603 e. The van der Waals surface area contributed by atoms with Crippen LogP contribution in [0.25, 0.3) is 0 Å². The van der Waals surface area contributed by atoms with Crippen LogP contribution in [0.4, 0.5) is 0 Å². The fraction of sp³-hybridized carbons (Fsp3) is 1.00. The minimum atomic E-state index is -0.0127. The van der Waals surface area contributed by atoms with E-state index in [-0.39, 0.29) is 5.60 Å². The molecule has 2 rings (SSSR count). The summed E-state index contributed by atoms with van der Waals surface area (Å²) < 4.78 is 12.5. The van der Waals surface area contributed by atoms with E-state index in [0.29, 0.717) is 18.3 Å². The molecule has 136 valence electrons. The van der Waals surface area contributed by atoms with Crippen molar-refractivity contribution in [1.29, 1.82) is 0 Å². The van der Waals surface area contributed by atoms with Gasteiger partial charge in [-0.2, -0.15) is 0 Å². The summed E-state index contributed by atoms with van der Waals surface area (Å²) in [6.45, 7) is 14.8. The first kappa shape index (κ1) is 19.2. The van der Waals surface area contributed by atoms with Gasteiger partial charge in [-0.3, -0.25) is 0 Å². The Hall–Kier alpha value is -0.120. The molecule has 0 amide bonds. The van der Waals surface area contributed by atoms with Crippen molar-refractivity contribution in [3.63, 3.8) is 0 Å². The number of piperidine rings is 1. The van der Waals surface area contributed by atoms with Gasteiger partial charge in [0.05, 0.1) is 23.9 Å². The van der Waals surface area contributed by atoms with E-state index in [1.165, 1.54) is 51.7 Å². The Bertz CT molecular complexity index is 321. The fourth-order valence-corrected chi connectivity index (χ4v) is 3.77. The average Bonchev–Trinajstić information content (AvgIpc) is 2.47. The average molecular weight is 326 g/mol. The Morgan fingerprint density at radius 1 is 0.870 bits per heavy atom. The SMILES string of the molecule is CC(C)CCN1CCC(OC2CCC(OC(C)(C)C)CC2)CC1. The van der Waals surface area contributed by atoms with E-state index in [9.17, 15) is 0 Å². The van der Waals surface area contributed by atoms with Crippen LogP contribution in [0.5, 0.6) is 0 Å². The highest BCUT2D eigenvalue weighted by Gasteiger charge is 2.28. The highest BCUT2D eigenvalue weighted by atomic mass is 16.5. The second kappa shape index (κ2) is 8.82. The van der Waals surface area contributed by atoms with Crippen LogP contribution in [-0.4, -0.2) is 48.4 Å². The van der Waals surface area contributed by atoms with E-state index in [4.69, 9.17) is 9.47 Å². The molecule has 1 saturated heterocycles. The first-order valence-electron chi connectivity index (χ1n) is 9.87. The van der Waals surface area contributed by atoms with Crippen molar-refractivity contribution in [1.82, 2.24) is 4.90 Å². The summed E-state index contributed by atoms with van der Waals surface area (Å²) in [7, 11) is 0. The van der Waals surface area contributed by atoms with Crippen LogP contribution in [-0.2, 0) is 9.47 Å². The second-order valence-corrected chi connectivity index (χ2v) is 8.99. The molecule has 2 aliphatic rings. The maximum absolute atomic E-state index is 6.40. The first-order chi connectivity index (χ1) is 10.8. The summed E-state index contributed by atoms with van der Waals surface area (Å²) >= 11 is 0. The Balaban J connectivity index is 1.60. The Labute approximate surface area is 144 Å². The van der Waals surface area contributed by atoms with E-state index in [1.54, 1.807) is 0 Å². The smallest absolute Gasteiger partial charge is 0.0603 e. The first-order valence-corrected chi connectivity index (χ1v) is 9.87. The summed E-state index contributed by atoms with van der Waals surface area (Å²) in [6.07, 6.45) is 9.84. The van der Waals surface area contributed by atoms with Gasteiger partial charge in [0.2, 0.25) is 0 Å². The van der Waals surface area contributed by atoms with E-state index in [1.807, 2.05) is 0 Å².